The summed E-state index contributed by atoms with van der Waals surface area (Å²) in [6.07, 6.45) is 5.26. The minimum atomic E-state index is -0.343. The van der Waals surface area contributed by atoms with Crippen LogP contribution in [0.2, 0.25) is 0 Å². The van der Waals surface area contributed by atoms with Crippen LogP contribution in [-0.4, -0.2) is 33.4 Å². The number of amides is 1. The highest BCUT2D eigenvalue weighted by Gasteiger charge is 2.47. The lowest BCUT2D eigenvalue weighted by atomic mass is 9.79. The molecule has 0 aliphatic carbocycles. The van der Waals surface area contributed by atoms with E-state index in [0.29, 0.717) is 6.61 Å². The van der Waals surface area contributed by atoms with E-state index >= 15 is 0 Å². The third kappa shape index (κ3) is 3.97. The summed E-state index contributed by atoms with van der Waals surface area (Å²) in [5, 5.41) is 1.11. The maximum absolute atomic E-state index is 13.5. The molecular formula is C30H29N3O2. The van der Waals surface area contributed by atoms with E-state index in [9.17, 15) is 4.79 Å². The molecule has 0 N–H and O–H groups in total. The number of rotatable bonds is 7. The van der Waals surface area contributed by atoms with Crippen LogP contribution >= 0.6 is 0 Å². The summed E-state index contributed by atoms with van der Waals surface area (Å²) < 4.78 is 6.02. The molecule has 5 heteroatoms. The van der Waals surface area contributed by atoms with Gasteiger partial charge in [0.05, 0.1) is 22.3 Å². The van der Waals surface area contributed by atoms with Crippen molar-refractivity contribution in [3.63, 3.8) is 0 Å². The first kappa shape index (κ1) is 22.8. The van der Waals surface area contributed by atoms with E-state index in [1.807, 2.05) is 78.7 Å². The Hall–Kier alpha value is -3.99. The van der Waals surface area contributed by atoms with Crippen LogP contribution in [-0.2, 0) is 11.4 Å². The molecule has 5 nitrogen and oxygen atoms in total. The molecule has 3 heterocycles. The van der Waals surface area contributed by atoms with E-state index < -0.39 is 0 Å². The summed E-state index contributed by atoms with van der Waals surface area (Å²) in [6.45, 7) is 4.68. The maximum Gasteiger partial charge on any atom is 0.255 e. The zero-order chi connectivity index (χ0) is 24.4. The highest BCUT2D eigenvalue weighted by molar-refractivity contribution is 6.31. The van der Waals surface area contributed by atoms with E-state index in [2.05, 4.69) is 29.9 Å². The monoisotopic (exact) mass is 463 g/mol. The van der Waals surface area contributed by atoms with Gasteiger partial charge in [0.1, 0.15) is 12.4 Å². The van der Waals surface area contributed by atoms with E-state index in [4.69, 9.17) is 4.74 Å². The first-order chi connectivity index (χ1) is 17.1. The molecule has 0 saturated heterocycles. The van der Waals surface area contributed by atoms with Gasteiger partial charge >= 0.3 is 0 Å². The molecule has 4 aromatic rings. The Morgan fingerprint density at radius 3 is 2.29 bits per heavy atom. The van der Waals surface area contributed by atoms with Crippen molar-refractivity contribution in [1.29, 1.82) is 0 Å². The average Bonchev–Trinajstić information content (AvgIpc) is 3.14. The number of carbonyl (C=O) groups excluding carboxylic acids is 1. The van der Waals surface area contributed by atoms with Crippen LogP contribution in [0.4, 0.5) is 0 Å². The minimum absolute atomic E-state index is 0.0505. The van der Waals surface area contributed by atoms with Gasteiger partial charge in [0.25, 0.3) is 5.91 Å². The lowest BCUT2D eigenvalue weighted by molar-refractivity contribution is -0.126. The van der Waals surface area contributed by atoms with E-state index in [0.717, 1.165) is 57.5 Å². The van der Waals surface area contributed by atoms with Crippen molar-refractivity contribution in [2.75, 3.05) is 7.05 Å². The van der Waals surface area contributed by atoms with E-state index in [-0.39, 0.29) is 11.4 Å². The fourth-order valence-corrected chi connectivity index (χ4v) is 5.21. The van der Waals surface area contributed by atoms with Gasteiger partial charge < -0.3 is 9.64 Å². The van der Waals surface area contributed by atoms with Crippen LogP contribution in [0.5, 0.6) is 5.75 Å². The van der Waals surface area contributed by atoms with Gasteiger partial charge in [0.15, 0.2) is 0 Å². The Kier molecular flexibility index (Phi) is 6.08. The second kappa shape index (κ2) is 9.34. The number of para-hydroxylation sites is 1. The Labute approximate surface area is 206 Å². The number of nitrogens with zero attached hydrogens (tertiary/aromatic N) is 3. The van der Waals surface area contributed by atoms with Crippen molar-refractivity contribution in [1.82, 2.24) is 14.9 Å². The standard InChI is InChI=1S/C30H29N3O2/c1-4-30(5-2)28(23-16-18-31-19-17-23)27(29(34)33(30)3)22-11-14-25(15-12-22)35-20-24-13-10-21-8-6-7-9-26(21)32-24/h6-19H,4-5,20H2,1-3H3. The molecule has 35 heavy (non-hydrogen) atoms. The maximum atomic E-state index is 13.5. The molecule has 1 aliphatic heterocycles. The van der Waals surface area contributed by atoms with Crippen molar-refractivity contribution in [3.8, 4) is 5.75 Å². The summed E-state index contributed by atoms with van der Waals surface area (Å²) >= 11 is 0. The van der Waals surface area contributed by atoms with Crippen LogP contribution in [0, 0.1) is 0 Å². The van der Waals surface area contributed by atoms with E-state index in [1.54, 1.807) is 12.4 Å². The molecular weight excluding hydrogens is 434 g/mol. The molecule has 0 fully saturated rings. The quantitative estimate of drug-likeness (QED) is 0.330. The predicted octanol–water partition coefficient (Wildman–Crippen LogP) is 6.15. The molecule has 0 spiro atoms. The van der Waals surface area contributed by atoms with Crippen LogP contribution < -0.4 is 4.74 Å². The summed E-state index contributed by atoms with van der Waals surface area (Å²) in [5.41, 5.74) is 5.26. The van der Waals surface area contributed by atoms with Crippen LogP contribution in [0.3, 0.4) is 0 Å². The third-order valence-corrected chi connectivity index (χ3v) is 7.20. The Balaban J connectivity index is 1.45. The number of aromatic nitrogens is 2. The molecule has 2 aromatic heterocycles. The second-order valence-electron chi connectivity index (χ2n) is 8.90. The van der Waals surface area contributed by atoms with Gasteiger partial charge in [-0.05, 0) is 65.9 Å². The summed E-state index contributed by atoms with van der Waals surface area (Å²) in [6, 6.07) is 23.9. The van der Waals surface area contributed by atoms with Crippen molar-refractivity contribution >= 4 is 28.0 Å². The summed E-state index contributed by atoms with van der Waals surface area (Å²) in [7, 11) is 1.91. The lowest BCUT2D eigenvalue weighted by Crippen LogP contribution is -2.44. The molecule has 176 valence electrons. The van der Waals surface area contributed by atoms with Gasteiger partial charge in [-0.1, -0.05) is 50.2 Å². The fourth-order valence-electron chi connectivity index (χ4n) is 5.21. The lowest BCUT2D eigenvalue weighted by Gasteiger charge is -2.37. The molecule has 1 aliphatic rings. The van der Waals surface area contributed by atoms with Crippen molar-refractivity contribution in [2.45, 2.75) is 38.8 Å². The van der Waals surface area contributed by atoms with Crippen LogP contribution in [0.1, 0.15) is 43.5 Å². The van der Waals surface area contributed by atoms with Gasteiger partial charge in [0.2, 0.25) is 0 Å². The normalized spacial score (nSPS) is 15.2. The highest BCUT2D eigenvalue weighted by Crippen LogP contribution is 2.48. The Bertz CT molecular complexity index is 1390. The number of ether oxygens (including phenoxy) is 1. The van der Waals surface area contributed by atoms with Crippen molar-refractivity contribution in [3.05, 3.63) is 102 Å². The third-order valence-electron chi connectivity index (χ3n) is 7.20. The molecule has 5 rings (SSSR count). The zero-order valence-corrected chi connectivity index (χ0v) is 20.4. The molecule has 0 saturated carbocycles. The number of likely N-dealkylation sites (N-methyl/N-ethyl adjacent to an activating group) is 1. The summed E-state index contributed by atoms with van der Waals surface area (Å²) in [4.78, 5) is 24.3. The smallest absolute Gasteiger partial charge is 0.255 e. The molecule has 1 amide bonds. The van der Waals surface area contributed by atoms with Gasteiger partial charge in [-0.2, -0.15) is 0 Å². The average molecular weight is 464 g/mol. The Morgan fingerprint density at radius 1 is 0.857 bits per heavy atom. The van der Waals surface area contributed by atoms with E-state index in [1.165, 1.54) is 0 Å². The molecule has 2 aromatic carbocycles. The number of hydrogen-bond acceptors (Lipinski definition) is 4. The molecule has 0 atom stereocenters. The number of hydrogen-bond donors (Lipinski definition) is 0. The summed E-state index contributed by atoms with van der Waals surface area (Å²) in [5.74, 6) is 0.792. The number of fused-ring (bicyclic) bond motifs is 1. The predicted molar refractivity (Wildman–Crippen MR) is 140 cm³/mol. The zero-order valence-electron chi connectivity index (χ0n) is 20.4. The highest BCUT2D eigenvalue weighted by atomic mass is 16.5. The first-order valence-electron chi connectivity index (χ1n) is 12.1. The number of benzene rings is 2. The molecule has 0 bridgehead atoms. The first-order valence-corrected chi connectivity index (χ1v) is 12.1. The van der Waals surface area contributed by atoms with Gasteiger partial charge in [-0.15, -0.1) is 0 Å². The van der Waals surface area contributed by atoms with Crippen LogP contribution in [0.25, 0.3) is 22.0 Å². The van der Waals surface area contributed by atoms with Gasteiger partial charge in [-0.25, -0.2) is 4.98 Å². The SMILES string of the molecule is CCC1(CC)C(c2ccncc2)=C(c2ccc(OCc3ccc4ccccc4n3)cc2)C(=O)N1C. The van der Waals surface area contributed by atoms with Crippen molar-refractivity contribution in [2.24, 2.45) is 0 Å². The molecule has 0 radical (unpaired) electrons. The minimum Gasteiger partial charge on any atom is -0.487 e. The van der Waals surface area contributed by atoms with Gasteiger partial charge in [0, 0.05) is 24.8 Å². The fraction of sp³-hybridized carbons (Fsp3) is 0.233. The van der Waals surface area contributed by atoms with Crippen molar-refractivity contribution < 1.29 is 9.53 Å². The van der Waals surface area contributed by atoms with Gasteiger partial charge in [-0.3, -0.25) is 9.78 Å². The Morgan fingerprint density at radius 2 is 1.57 bits per heavy atom. The second-order valence-corrected chi connectivity index (χ2v) is 8.90. The van der Waals surface area contributed by atoms with Crippen LogP contribution in [0.15, 0.2) is 85.2 Å². The molecule has 0 unspecified atom stereocenters. The topological polar surface area (TPSA) is 55.3 Å². The largest absolute Gasteiger partial charge is 0.487 e. The number of carbonyl (C=O) groups is 1. The number of pyridine rings is 2.